The van der Waals surface area contributed by atoms with Crippen LogP contribution in [0.1, 0.15) is 31.1 Å². The van der Waals surface area contributed by atoms with E-state index in [-0.39, 0.29) is 34.5 Å². The summed E-state index contributed by atoms with van der Waals surface area (Å²) in [6.45, 7) is 0. The number of aromatic nitrogens is 2. The lowest BCUT2D eigenvalue weighted by Gasteiger charge is -2.15. The molecule has 0 saturated heterocycles. The first-order valence-corrected chi connectivity index (χ1v) is 12.9. The summed E-state index contributed by atoms with van der Waals surface area (Å²) in [5.41, 5.74) is 1.16. The highest BCUT2D eigenvalue weighted by molar-refractivity contribution is 7.92. The summed E-state index contributed by atoms with van der Waals surface area (Å²) in [4.78, 5) is 30.6. The Kier molecular flexibility index (Phi) is 6.08. The SMILES string of the molecule is O=C(CCc1nc2ccccc2c(=O)n1C1CC1)Nc1ccccc1NS(=O)(=O)c1ccccc1. The fourth-order valence-corrected chi connectivity index (χ4v) is 5.10. The molecule has 35 heavy (non-hydrogen) atoms. The lowest BCUT2D eigenvalue weighted by atomic mass is 10.2. The Labute approximate surface area is 202 Å². The fraction of sp³-hybridized carbons (Fsp3) is 0.192. The monoisotopic (exact) mass is 488 g/mol. The maximum atomic E-state index is 13.0. The van der Waals surface area contributed by atoms with Gasteiger partial charge in [-0.2, -0.15) is 0 Å². The number of aryl methyl sites for hydroxylation is 1. The van der Waals surface area contributed by atoms with E-state index < -0.39 is 10.0 Å². The molecule has 4 aromatic rings. The number of nitrogens with zero attached hydrogens (tertiary/aromatic N) is 2. The van der Waals surface area contributed by atoms with Crippen LogP contribution in [0.15, 0.2) is 88.6 Å². The summed E-state index contributed by atoms with van der Waals surface area (Å²) in [6.07, 6.45) is 2.24. The molecule has 8 nitrogen and oxygen atoms in total. The van der Waals surface area contributed by atoms with Crippen molar-refractivity contribution in [3.63, 3.8) is 0 Å². The second kappa shape index (κ2) is 9.34. The molecule has 178 valence electrons. The summed E-state index contributed by atoms with van der Waals surface area (Å²) in [6, 6.07) is 22.0. The van der Waals surface area contributed by atoms with Crippen molar-refractivity contribution in [1.29, 1.82) is 0 Å². The van der Waals surface area contributed by atoms with Crippen molar-refractivity contribution in [2.24, 2.45) is 0 Å². The van der Waals surface area contributed by atoms with E-state index in [1.165, 1.54) is 12.1 Å². The molecule has 1 aromatic heterocycles. The number of para-hydroxylation sites is 3. The molecule has 1 saturated carbocycles. The average molecular weight is 489 g/mol. The van der Waals surface area contributed by atoms with Gasteiger partial charge in [0.25, 0.3) is 15.6 Å². The van der Waals surface area contributed by atoms with Crippen LogP contribution in [0.2, 0.25) is 0 Å². The van der Waals surface area contributed by atoms with Crippen LogP contribution < -0.4 is 15.6 Å². The standard InChI is InChI=1S/C26H24N4O4S/c31-25(17-16-24-27-21-11-5-4-10-20(21)26(32)30(24)18-14-15-18)28-22-12-6-7-13-23(22)29-35(33,34)19-8-2-1-3-9-19/h1-13,18,29H,14-17H2,(H,28,31). The molecule has 0 radical (unpaired) electrons. The molecule has 1 aliphatic rings. The number of hydrogen-bond donors (Lipinski definition) is 2. The van der Waals surface area contributed by atoms with E-state index in [1.807, 2.05) is 12.1 Å². The van der Waals surface area contributed by atoms with Crippen LogP contribution in [0.3, 0.4) is 0 Å². The Balaban J connectivity index is 1.33. The van der Waals surface area contributed by atoms with Crippen LogP contribution >= 0.6 is 0 Å². The predicted molar refractivity (Wildman–Crippen MR) is 135 cm³/mol. The summed E-state index contributed by atoms with van der Waals surface area (Å²) in [5, 5.41) is 3.37. The summed E-state index contributed by atoms with van der Waals surface area (Å²) >= 11 is 0. The van der Waals surface area contributed by atoms with Gasteiger partial charge in [-0.15, -0.1) is 0 Å². The minimum absolute atomic E-state index is 0.0748. The van der Waals surface area contributed by atoms with Gasteiger partial charge in [0.2, 0.25) is 5.91 Å². The smallest absolute Gasteiger partial charge is 0.261 e. The Morgan fingerprint density at radius 3 is 2.31 bits per heavy atom. The molecule has 1 aliphatic carbocycles. The molecular formula is C26H24N4O4S. The average Bonchev–Trinajstić information content (AvgIpc) is 3.70. The van der Waals surface area contributed by atoms with Crippen LogP contribution in [0.4, 0.5) is 11.4 Å². The van der Waals surface area contributed by atoms with Crippen LogP contribution in [-0.2, 0) is 21.2 Å². The molecular weight excluding hydrogens is 464 g/mol. The Bertz CT molecular complexity index is 1560. The molecule has 1 amide bonds. The normalized spacial score (nSPS) is 13.5. The second-order valence-corrected chi connectivity index (χ2v) is 10.1. The molecule has 0 spiro atoms. The van der Waals surface area contributed by atoms with Gasteiger partial charge in [-0.05, 0) is 49.2 Å². The molecule has 9 heteroatoms. The van der Waals surface area contributed by atoms with Crippen LogP contribution in [0.25, 0.3) is 10.9 Å². The number of carbonyl (C=O) groups excluding carboxylic acids is 1. The number of anilines is 2. The van der Waals surface area contributed by atoms with E-state index in [0.717, 1.165) is 12.8 Å². The van der Waals surface area contributed by atoms with Gasteiger partial charge in [-0.3, -0.25) is 18.9 Å². The molecule has 1 heterocycles. The summed E-state index contributed by atoms with van der Waals surface area (Å²) in [7, 11) is -3.81. The van der Waals surface area contributed by atoms with E-state index in [4.69, 9.17) is 0 Å². The van der Waals surface area contributed by atoms with Gasteiger partial charge >= 0.3 is 0 Å². The van der Waals surface area contributed by atoms with Crippen molar-refractivity contribution >= 4 is 38.2 Å². The Morgan fingerprint density at radius 2 is 1.57 bits per heavy atom. The van der Waals surface area contributed by atoms with Gasteiger partial charge in [0.1, 0.15) is 5.82 Å². The van der Waals surface area contributed by atoms with E-state index in [2.05, 4.69) is 15.0 Å². The lowest BCUT2D eigenvalue weighted by Crippen LogP contribution is -2.25. The maximum Gasteiger partial charge on any atom is 0.261 e. The van der Waals surface area contributed by atoms with E-state index >= 15 is 0 Å². The van der Waals surface area contributed by atoms with Crippen molar-refractivity contribution in [3.05, 3.63) is 95.0 Å². The van der Waals surface area contributed by atoms with E-state index in [1.54, 1.807) is 59.2 Å². The number of amides is 1. The molecule has 5 rings (SSSR count). The zero-order valence-electron chi connectivity index (χ0n) is 18.8. The highest BCUT2D eigenvalue weighted by Gasteiger charge is 2.28. The second-order valence-electron chi connectivity index (χ2n) is 8.46. The molecule has 3 aromatic carbocycles. The van der Waals surface area contributed by atoms with Crippen LogP contribution in [0, 0.1) is 0 Å². The molecule has 0 atom stereocenters. The number of nitrogens with one attached hydrogen (secondary N) is 2. The zero-order chi connectivity index (χ0) is 24.4. The summed E-state index contributed by atoms with van der Waals surface area (Å²) < 4.78 is 29.7. The van der Waals surface area contributed by atoms with Crippen LogP contribution in [0.5, 0.6) is 0 Å². The highest BCUT2D eigenvalue weighted by Crippen LogP contribution is 2.35. The van der Waals surface area contributed by atoms with Gasteiger partial charge in [0.15, 0.2) is 0 Å². The third kappa shape index (κ3) is 4.95. The minimum Gasteiger partial charge on any atom is -0.324 e. The first-order valence-electron chi connectivity index (χ1n) is 11.4. The molecule has 1 fully saturated rings. The first kappa shape index (κ1) is 22.8. The van der Waals surface area contributed by atoms with Gasteiger partial charge in [0, 0.05) is 18.9 Å². The quantitative estimate of drug-likeness (QED) is 0.388. The van der Waals surface area contributed by atoms with Gasteiger partial charge < -0.3 is 5.32 Å². The number of fused-ring (bicyclic) bond motifs is 1. The molecule has 0 aliphatic heterocycles. The van der Waals surface area contributed by atoms with Crippen molar-refractivity contribution in [1.82, 2.24) is 9.55 Å². The third-order valence-electron chi connectivity index (χ3n) is 5.87. The molecule has 0 bridgehead atoms. The molecule has 2 N–H and O–H groups in total. The van der Waals surface area contributed by atoms with Crippen molar-refractivity contribution in [2.45, 2.75) is 36.6 Å². The lowest BCUT2D eigenvalue weighted by molar-refractivity contribution is -0.116. The number of hydrogen-bond acceptors (Lipinski definition) is 5. The Morgan fingerprint density at radius 1 is 0.914 bits per heavy atom. The predicted octanol–water partition coefficient (Wildman–Crippen LogP) is 4.10. The van der Waals surface area contributed by atoms with Crippen molar-refractivity contribution in [2.75, 3.05) is 10.0 Å². The maximum absolute atomic E-state index is 13.0. The molecule has 0 unspecified atom stereocenters. The van der Waals surface area contributed by atoms with E-state index in [9.17, 15) is 18.0 Å². The number of rotatable bonds is 8. The first-order chi connectivity index (χ1) is 16.9. The highest BCUT2D eigenvalue weighted by atomic mass is 32.2. The Hall–Kier alpha value is -3.98. The minimum atomic E-state index is -3.81. The zero-order valence-corrected chi connectivity index (χ0v) is 19.7. The topological polar surface area (TPSA) is 110 Å². The van der Waals surface area contributed by atoms with Crippen molar-refractivity contribution < 1.29 is 13.2 Å². The fourth-order valence-electron chi connectivity index (χ4n) is 4.00. The van der Waals surface area contributed by atoms with Crippen molar-refractivity contribution in [3.8, 4) is 0 Å². The summed E-state index contributed by atoms with van der Waals surface area (Å²) in [5.74, 6) is 0.283. The largest absolute Gasteiger partial charge is 0.324 e. The number of benzene rings is 3. The van der Waals surface area contributed by atoms with Gasteiger partial charge in [-0.25, -0.2) is 13.4 Å². The van der Waals surface area contributed by atoms with Gasteiger partial charge in [0.05, 0.1) is 27.2 Å². The van der Waals surface area contributed by atoms with Crippen LogP contribution in [-0.4, -0.2) is 23.9 Å². The number of carbonyl (C=O) groups is 1. The van der Waals surface area contributed by atoms with Gasteiger partial charge in [-0.1, -0.05) is 42.5 Å². The third-order valence-corrected chi connectivity index (χ3v) is 7.25. The number of sulfonamides is 1. The van der Waals surface area contributed by atoms with E-state index in [0.29, 0.717) is 28.8 Å².